The molecule has 0 aliphatic rings. The van der Waals surface area contributed by atoms with E-state index in [9.17, 15) is 0 Å². The van der Waals surface area contributed by atoms with Gasteiger partial charge in [0.15, 0.2) is 0 Å². The number of fused-ring (bicyclic) bond motifs is 1. The zero-order chi connectivity index (χ0) is 9.42. The molecule has 3 heteroatoms. The number of hydrogen-bond donors (Lipinski definition) is 2. The minimum atomic E-state index is 0.568. The van der Waals surface area contributed by atoms with E-state index in [4.69, 9.17) is 23.1 Å². The van der Waals surface area contributed by atoms with Gasteiger partial charge in [-0.2, -0.15) is 0 Å². The van der Waals surface area contributed by atoms with Crippen molar-refractivity contribution in [3.05, 3.63) is 35.4 Å². The van der Waals surface area contributed by atoms with Crippen molar-refractivity contribution >= 4 is 33.7 Å². The first-order valence-corrected chi connectivity index (χ1v) is 4.29. The van der Waals surface area contributed by atoms with Gasteiger partial charge in [-0.05, 0) is 35.0 Å². The van der Waals surface area contributed by atoms with Gasteiger partial charge in [0.25, 0.3) is 0 Å². The number of nitrogen functional groups attached to an aromatic ring is 2. The molecule has 0 saturated heterocycles. The quantitative estimate of drug-likeness (QED) is 0.631. The first-order chi connectivity index (χ1) is 6.16. The molecule has 66 valence electrons. The monoisotopic (exact) mass is 192 g/mol. The molecule has 0 amide bonds. The van der Waals surface area contributed by atoms with Gasteiger partial charge in [-0.1, -0.05) is 17.7 Å². The Bertz CT molecular complexity index is 466. The molecule has 0 fully saturated rings. The highest BCUT2D eigenvalue weighted by Crippen LogP contribution is 2.26. The lowest BCUT2D eigenvalue weighted by molar-refractivity contribution is 1.71. The van der Waals surface area contributed by atoms with Crippen LogP contribution in [-0.4, -0.2) is 0 Å². The SMILES string of the molecule is Nc1ccc2cc(N)c(Cl)cc2c1. The van der Waals surface area contributed by atoms with Gasteiger partial charge >= 0.3 is 0 Å². The van der Waals surface area contributed by atoms with Gasteiger partial charge in [-0.3, -0.25) is 0 Å². The summed E-state index contributed by atoms with van der Waals surface area (Å²) in [5.41, 5.74) is 12.6. The normalized spacial score (nSPS) is 10.5. The van der Waals surface area contributed by atoms with Crippen LogP contribution in [0.25, 0.3) is 10.8 Å². The second-order valence-corrected chi connectivity index (χ2v) is 3.39. The van der Waals surface area contributed by atoms with Crippen LogP contribution in [0.4, 0.5) is 11.4 Å². The molecule has 2 aromatic rings. The van der Waals surface area contributed by atoms with Crippen LogP contribution in [0, 0.1) is 0 Å². The van der Waals surface area contributed by atoms with Crippen LogP contribution < -0.4 is 11.5 Å². The largest absolute Gasteiger partial charge is 0.399 e. The third kappa shape index (κ3) is 1.40. The molecule has 0 atom stereocenters. The van der Waals surface area contributed by atoms with Crippen molar-refractivity contribution in [1.82, 2.24) is 0 Å². The minimum Gasteiger partial charge on any atom is -0.399 e. The molecule has 0 aliphatic carbocycles. The van der Waals surface area contributed by atoms with Crippen molar-refractivity contribution in [1.29, 1.82) is 0 Å². The Morgan fingerprint density at radius 1 is 0.923 bits per heavy atom. The number of hydrogen-bond acceptors (Lipinski definition) is 2. The Labute approximate surface area is 81.1 Å². The van der Waals surface area contributed by atoms with Crippen LogP contribution in [0.3, 0.4) is 0 Å². The lowest BCUT2D eigenvalue weighted by Crippen LogP contribution is -1.88. The molecule has 0 aliphatic heterocycles. The summed E-state index contributed by atoms with van der Waals surface area (Å²) < 4.78 is 0. The number of halogens is 1. The van der Waals surface area contributed by atoms with Crippen LogP contribution in [0.1, 0.15) is 0 Å². The number of rotatable bonds is 0. The van der Waals surface area contributed by atoms with Gasteiger partial charge in [-0.15, -0.1) is 0 Å². The smallest absolute Gasteiger partial charge is 0.0641 e. The van der Waals surface area contributed by atoms with Gasteiger partial charge < -0.3 is 11.5 Å². The third-order valence-corrected chi connectivity index (χ3v) is 2.31. The summed E-state index contributed by atoms with van der Waals surface area (Å²) in [5, 5.41) is 2.63. The van der Waals surface area contributed by atoms with Crippen molar-refractivity contribution < 1.29 is 0 Å². The number of anilines is 2. The van der Waals surface area contributed by atoms with Crippen molar-refractivity contribution in [3.63, 3.8) is 0 Å². The lowest BCUT2D eigenvalue weighted by Gasteiger charge is -2.02. The van der Waals surface area contributed by atoms with E-state index < -0.39 is 0 Å². The predicted octanol–water partition coefficient (Wildman–Crippen LogP) is 2.66. The average Bonchev–Trinajstić information content (AvgIpc) is 2.08. The molecular weight excluding hydrogens is 184 g/mol. The summed E-state index contributed by atoms with van der Waals surface area (Å²) in [4.78, 5) is 0. The molecular formula is C10H9ClN2. The van der Waals surface area contributed by atoms with Gasteiger partial charge in [-0.25, -0.2) is 0 Å². The summed E-state index contributed by atoms with van der Waals surface area (Å²) >= 11 is 5.87. The van der Waals surface area contributed by atoms with Crippen LogP contribution in [0.2, 0.25) is 5.02 Å². The van der Waals surface area contributed by atoms with Crippen LogP contribution >= 0.6 is 11.6 Å². The van der Waals surface area contributed by atoms with E-state index in [1.807, 2.05) is 30.3 Å². The van der Waals surface area contributed by atoms with Gasteiger partial charge in [0.05, 0.1) is 10.7 Å². The molecule has 2 nitrogen and oxygen atoms in total. The van der Waals surface area contributed by atoms with E-state index in [0.717, 1.165) is 16.5 Å². The molecule has 2 aromatic carbocycles. The highest BCUT2D eigenvalue weighted by Gasteiger charge is 1.99. The Hall–Kier alpha value is -1.41. The molecule has 2 rings (SSSR count). The molecule has 13 heavy (non-hydrogen) atoms. The molecule has 0 radical (unpaired) electrons. The Morgan fingerprint density at radius 2 is 1.69 bits per heavy atom. The van der Waals surface area contributed by atoms with Crippen LogP contribution in [0.5, 0.6) is 0 Å². The Balaban J connectivity index is 2.81. The summed E-state index contributed by atoms with van der Waals surface area (Å²) in [6.07, 6.45) is 0. The Kier molecular flexibility index (Phi) is 1.78. The summed E-state index contributed by atoms with van der Waals surface area (Å²) in [6, 6.07) is 9.31. The average molecular weight is 193 g/mol. The van der Waals surface area contributed by atoms with E-state index >= 15 is 0 Å². The second kappa shape index (κ2) is 2.82. The van der Waals surface area contributed by atoms with Crippen molar-refractivity contribution in [2.75, 3.05) is 11.5 Å². The molecule has 0 unspecified atom stereocenters. The maximum absolute atomic E-state index is 5.87. The molecule has 0 heterocycles. The molecule has 0 spiro atoms. The second-order valence-electron chi connectivity index (χ2n) is 2.98. The highest BCUT2D eigenvalue weighted by atomic mass is 35.5. The lowest BCUT2D eigenvalue weighted by atomic mass is 10.1. The molecule has 0 bridgehead atoms. The standard InChI is InChI=1S/C10H9ClN2/c11-9-4-7-3-8(12)2-1-6(7)5-10(9)13/h1-5H,12-13H2. The van der Waals surface area contributed by atoms with Gasteiger partial charge in [0.1, 0.15) is 0 Å². The van der Waals surface area contributed by atoms with Gasteiger partial charge in [0.2, 0.25) is 0 Å². The third-order valence-electron chi connectivity index (χ3n) is 1.98. The maximum Gasteiger partial charge on any atom is 0.0641 e. The van der Waals surface area contributed by atoms with E-state index in [1.54, 1.807) is 0 Å². The number of nitrogens with two attached hydrogens (primary N) is 2. The van der Waals surface area contributed by atoms with E-state index in [-0.39, 0.29) is 0 Å². The zero-order valence-electron chi connectivity index (χ0n) is 6.92. The fourth-order valence-corrected chi connectivity index (χ4v) is 1.48. The molecule has 0 saturated carbocycles. The summed E-state index contributed by atoms with van der Waals surface area (Å²) in [5.74, 6) is 0. The van der Waals surface area contributed by atoms with Gasteiger partial charge in [0, 0.05) is 5.69 Å². The Morgan fingerprint density at radius 3 is 2.46 bits per heavy atom. The van der Waals surface area contributed by atoms with Crippen molar-refractivity contribution in [2.45, 2.75) is 0 Å². The minimum absolute atomic E-state index is 0.568. The first kappa shape index (κ1) is 8.20. The van der Waals surface area contributed by atoms with E-state index in [0.29, 0.717) is 10.7 Å². The molecule has 0 aromatic heterocycles. The van der Waals surface area contributed by atoms with Crippen molar-refractivity contribution in [3.8, 4) is 0 Å². The fourth-order valence-electron chi connectivity index (χ4n) is 1.31. The highest BCUT2D eigenvalue weighted by molar-refractivity contribution is 6.34. The topological polar surface area (TPSA) is 52.0 Å². The molecule has 4 N–H and O–H groups in total. The van der Waals surface area contributed by atoms with E-state index in [1.165, 1.54) is 0 Å². The fraction of sp³-hybridized carbons (Fsp3) is 0. The van der Waals surface area contributed by atoms with Crippen molar-refractivity contribution in [2.24, 2.45) is 0 Å². The maximum atomic E-state index is 5.87. The first-order valence-electron chi connectivity index (χ1n) is 3.91. The summed E-state index contributed by atoms with van der Waals surface area (Å²) in [7, 11) is 0. The summed E-state index contributed by atoms with van der Waals surface area (Å²) in [6.45, 7) is 0. The van der Waals surface area contributed by atoms with E-state index in [2.05, 4.69) is 0 Å². The zero-order valence-corrected chi connectivity index (χ0v) is 7.68. The van der Waals surface area contributed by atoms with Crippen LogP contribution in [0.15, 0.2) is 30.3 Å². The number of benzene rings is 2. The predicted molar refractivity (Wildman–Crippen MR) is 57.8 cm³/mol. The van der Waals surface area contributed by atoms with Crippen LogP contribution in [-0.2, 0) is 0 Å².